The van der Waals surface area contributed by atoms with E-state index in [2.05, 4.69) is 123 Å². The molecule has 0 saturated carbocycles. The van der Waals surface area contributed by atoms with Crippen molar-refractivity contribution in [2.45, 2.75) is 51.9 Å². The predicted molar refractivity (Wildman–Crippen MR) is 153 cm³/mol. The number of hydrogen-bond acceptors (Lipinski definition) is 0. The van der Waals surface area contributed by atoms with Crippen LogP contribution in [0.1, 0.15) is 61.3 Å². The first kappa shape index (κ1) is 32.3. The van der Waals surface area contributed by atoms with Gasteiger partial charge in [0.05, 0.1) is 0 Å². The van der Waals surface area contributed by atoms with Gasteiger partial charge in [0, 0.05) is 0 Å². The van der Waals surface area contributed by atoms with E-state index in [9.17, 15) is 0 Å². The van der Waals surface area contributed by atoms with Crippen LogP contribution in [0.3, 0.4) is 0 Å². The van der Waals surface area contributed by atoms with Crippen LogP contribution in [-0.2, 0) is 39.0 Å². The van der Waals surface area contributed by atoms with Crippen molar-refractivity contribution >= 4 is 27.6 Å². The van der Waals surface area contributed by atoms with Gasteiger partial charge in [-0.15, -0.1) is 81.2 Å². The second-order valence-corrected chi connectivity index (χ2v) is 9.74. The topological polar surface area (TPSA) is 0 Å². The fraction of sp³-hybridized carbons (Fsp3) is 0.229. The summed E-state index contributed by atoms with van der Waals surface area (Å²) in [5.74, 6) is 2.32. The standard InChI is InChI=1S/C20H16.C15H19.2ClH.Zr/c1-2-6-18-12-15(11-17(18)5-1)9-10-16-13-19-7-3-4-8-20(19)14-16;1-3-12(4-2)11-14-10-9-13-7-5-6-8-15(13)14;;;/h1-8,11-14H,9-10H2;5-10,14H,3-4,11H2,1-2H3;2*1H;/q-2;-1;;;+2/p-2. The van der Waals surface area contributed by atoms with Crippen LogP contribution < -0.4 is 24.8 Å². The molecule has 0 aromatic heterocycles. The molecule has 0 nitrogen and oxygen atoms in total. The molecule has 0 saturated heterocycles. The quantitative estimate of drug-likeness (QED) is 0.244. The third-order valence-electron chi connectivity index (χ3n) is 7.47. The number of halogens is 2. The van der Waals surface area contributed by atoms with Gasteiger partial charge in [0.1, 0.15) is 0 Å². The van der Waals surface area contributed by atoms with Crippen molar-refractivity contribution in [2.75, 3.05) is 0 Å². The van der Waals surface area contributed by atoms with Crippen LogP contribution in [0, 0.1) is 5.92 Å². The van der Waals surface area contributed by atoms with Crippen molar-refractivity contribution in [3.8, 4) is 0 Å². The molecule has 0 fully saturated rings. The SMILES string of the molecule is CC[C-](CC)CC1C=Cc2ccccc21.[Cl-].[Cl-].[Zr+2].c1ccc2[cH-]c(CCc3cc4ccccc4[cH-]3)cc2c1. The summed E-state index contributed by atoms with van der Waals surface area (Å²) in [7, 11) is 0. The minimum atomic E-state index is 0. The van der Waals surface area contributed by atoms with Crippen LogP contribution in [0.25, 0.3) is 27.6 Å². The monoisotopic (exact) mass is 615 g/mol. The van der Waals surface area contributed by atoms with E-state index in [0.717, 1.165) is 12.8 Å². The van der Waals surface area contributed by atoms with Gasteiger partial charge in [-0.3, -0.25) is 0 Å². The molecule has 0 aliphatic heterocycles. The van der Waals surface area contributed by atoms with Gasteiger partial charge in [0.25, 0.3) is 0 Å². The molecule has 1 aliphatic carbocycles. The zero-order valence-electron chi connectivity index (χ0n) is 22.3. The normalized spacial score (nSPS) is 13.3. The molecular formula is C35H35Cl2Zr-3. The Morgan fingerprint density at radius 3 is 1.71 bits per heavy atom. The molecule has 1 aliphatic rings. The Morgan fingerprint density at radius 1 is 0.684 bits per heavy atom. The maximum Gasteiger partial charge on any atom is 2.00 e. The first-order chi connectivity index (χ1) is 17.2. The Morgan fingerprint density at radius 2 is 1.18 bits per heavy atom. The van der Waals surface area contributed by atoms with Gasteiger partial charge in [-0.2, -0.15) is 31.4 Å². The molecule has 0 bridgehead atoms. The smallest absolute Gasteiger partial charge is 1.00 e. The van der Waals surface area contributed by atoms with Crippen LogP contribution in [-0.4, -0.2) is 0 Å². The molecule has 5 aromatic rings. The van der Waals surface area contributed by atoms with E-state index < -0.39 is 0 Å². The van der Waals surface area contributed by atoms with E-state index in [-0.39, 0.29) is 51.0 Å². The molecule has 0 N–H and O–H groups in total. The van der Waals surface area contributed by atoms with Gasteiger partial charge >= 0.3 is 26.2 Å². The summed E-state index contributed by atoms with van der Waals surface area (Å²) in [6, 6.07) is 35.2. The number of aryl methyl sites for hydroxylation is 2. The third kappa shape index (κ3) is 7.82. The second kappa shape index (κ2) is 15.6. The van der Waals surface area contributed by atoms with Crippen molar-refractivity contribution in [1.82, 2.24) is 0 Å². The summed E-state index contributed by atoms with van der Waals surface area (Å²) >= 11 is 0. The van der Waals surface area contributed by atoms with Crippen LogP contribution in [0.4, 0.5) is 0 Å². The maximum atomic E-state index is 2.36. The molecule has 0 amide bonds. The van der Waals surface area contributed by atoms with Gasteiger partial charge < -0.3 is 30.7 Å². The molecule has 0 heterocycles. The Bertz CT molecular complexity index is 1280. The Hall–Kier alpha value is -1.92. The summed E-state index contributed by atoms with van der Waals surface area (Å²) in [4.78, 5) is 0. The van der Waals surface area contributed by atoms with E-state index in [0.29, 0.717) is 5.92 Å². The van der Waals surface area contributed by atoms with Gasteiger partial charge in [-0.1, -0.05) is 62.4 Å². The van der Waals surface area contributed by atoms with Gasteiger partial charge in [0.2, 0.25) is 0 Å². The number of rotatable bonds is 7. The van der Waals surface area contributed by atoms with E-state index in [1.807, 2.05) is 0 Å². The van der Waals surface area contributed by atoms with Crippen molar-refractivity contribution in [2.24, 2.45) is 0 Å². The summed E-state index contributed by atoms with van der Waals surface area (Å²) in [5.41, 5.74) is 5.80. The first-order valence-corrected chi connectivity index (χ1v) is 13.1. The van der Waals surface area contributed by atoms with Crippen LogP contribution >= 0.6 is 0 Å². The van der Waals surface area contributed by atoms with Crippen molar-refractivity contribution in [3.63, 3.8) is 0 Å². The molecule has 1 atom stereocenters. The second-order valence-electron chi connectivity index (χ2n) is 9.74. The Kier molecular flexibility index (Phi) is 13.3. The average molecular weight is 618 g/mol. The van der Waals surface area contributed by atoms with Gasteiger partial charge in [-0.05, 0) is 29.9 Å². The van der Waals surface area contributed by atoms with Crippen LogP contribution in [0.5, 0.6) is 0 Å². The van der Waals surface area contributed by atoms with Crippen LogP contribution in [0.15, 0.2) is 103 Å². The summed E-state index contributed by atoms with van der Waals surface area (Å²) < 4.78 is 0. The summed E-state index contributed by atoms with van der Waals surface area (Å²) in [5, 5.41) is 5.43. The number of hydrogen-bond donors (Lipinski definition) is 0. The summed E-state index contributed by atoms with van der Waals surface area (Å²) in [6.07, 6.45) is 10.5. The fourth-order valence-electron chi connectivity index (χ4n) is 5.36. The first-order valence-electron chi connectivity index (χ1n) is 13.1. The zero-order chi connectivity index (χ0) is 24.0. The van der Waals surface area contributed by atoms with Crippen LogP contribution in [0.2, 0.25) is 0 Å². The van der Waals surface area contributed by atoms with E-state index >= 15 is 0 Å². The van der Waals surface area contributed by atoms with Crippen molar-refractivity contribution in [1.29, 1.82) is 0 Å². The van der Waals surface area contributed by atoms with Gasteiger partial charge in [0.15, 0.2) is 0 Å². The molecular weight excluding hydrogens is 583 g/mol. The molecule has 0 radical (unpaired) electrons. The fourth-order valence-corrected chi connectivity index (χ4v) is 5.36. The summed E-state index contributed by atoms with van der Waals surface area (Å²) in [6.45, 7) is 4.53. The third-order valence-corrected chi connectivity index (χ3v) is 7.47. The minimum absolute atomic E-state index is 0. The number of allylic oxidation sites excluding steroid dienone is 1. The molecule has 5 aromatic carbocycles. The zero-order valence-corrected chi connectivity index (χ0v) is 26.2. The maximum absolute atomic E-state index is 2.36. The van der Waals surface area contributed by atoms with E-state index in [1.54, 1.807) is 5.92 Å². The molecule has 1 unspecified atom stereocenters. The minimum Gasteiger partial charge on any atom is -1.00 e. The molecule has 0 spiro atoms. The Labute approximate surface area is 260 Å². The predicted octanol–water partition coefficient (Wildman–Crippen LogP) is 3.80. The van der Waals surface area contributed by atoms with Gasteiger partial charge in [-0.25, -0.2) is 0 Å². The number of fused-ring (bicyclic) bond motifs is 3. The molecule has 38 heavy (non-hydrogen) atoms. The molecule has 3 heteroatoms. The van der Waals surface area contributed by atoms with Crippen molar-refractivity contribution in [3.05, 3.63) is 131 Å². The van der Waals surface area contributed by atoms with E-state index in [4.69, 9.17) is 0 Å². The van der Waals surface area contributed by atoms with E-state index in [1.165, 1.54) is 63.1 Å². The largest absolute Gasteiger partial charge is 2.00 e. The number of benzene rings is 3. The Balaban J connectivity index is 0.000000257. The molecule has 6 rings (SSSR count). The molecule has 196 valence electrons. The average Bonchev–Trinajstić information content (AvgIpc) is 3.62. The van der Waals surface area contributed by atoms with Crippen molar-refractivity contribution < 1.29 is 51.0 Å².